The fourth-order valence-corrected chi connectivity index (χ4v) is 3.21. The molecule has 0 aliphatic heterocycles. The summed E-state index contributed by atoms with van der Waals surface area (Å²) in [5, 5.41) is 8.53. The van der Waals surface area contributed by atoms with Crippen LogP contribution in [0.25, 0.3) is 0 Å². The molecule has 7 heteroatoms. The van der Waals surface area contributed by atoms with Gasteiger partial charge in [0.2, 0.25) is 5.91 Å². The van der Waals surface area contributed by atoms with Gasteiger partial charge in [0.25, 0.3) is 5.91 Å². The van der Waals surface area contributed by atoms with Crippen molar-refractivity contribution in [1.82, 2.24) is 19.8 Å². The van der Waals surface area contributed by atoms with Crippen LogP contribution in [0.3, 0.4) is 0 Å². The van der Waals surface area contributed by atoms with E-state index in [1.54, 1.807) is 10.3 Å². The van der Waals surface area contributed by atoms with E-state index in [0.29, 0.717) is 18.2 Å². The molecule has 0 spiro atoms. The van der Waals surface area contributed by atoms with Crippen molar-refractivity contribution in [2.75, 3.05) is 13.1 Å². The number of nitrogens with one attached hydrogen (secondary N) is 1. The predicted molar refractivity (Wildman–Crippen MR) is 90.3 cm³/mol. The molecule has 23 heavy (non-hydrogen) atoms. The minimum absolute atomic E-state index is 0.0720. The number of carbonyl (C=O) groups excluding carboxylic acids is 2. The van der Waals surface area contributed by atoms with Crippen molar-refractivity contribution in [2.24, 2.45) is 5.92 Å². The van der Waals surface area contributed by atoms with Crippen LogP contribution in [-0.4, -0.2) is 45.4 Å². The number of amides is 2. The Balaban J connectivity index is 1.92. The highest BCUT2D eigenvalue weighted by molar-refractivity contribution is 7.03. The molecule has 1 heterocycles. The number of rotatable bonds is 7. The summed E-state index contributed by atoms with van der Waals surface area (Å²) in [5.41, 5.74) is 0.323. The molecule has 2 rings (SSSR count). The van der Waals surface area contributed by atoms with Crippen LogP contribution in [0.5, 0.6) is 0 Å². The van der Waals surface area contributed by atoms with Crippen LogP contribution in [0.15, 0.2) is 5.38 Å². The third-order valence-corrected chi connectivity index (χ3v) is 4.65. The lowest BCUT2D eigenvalue weighted by Crippen LogP contribution is -2.45. The van der Waals surface area contributed by atoms with Crippen molar-refractivity contribution in [3.63, 3.8) is 0 Å². The molecule has 2 amide bonds. The second kappa shape index (κ2) is 8.96. The van der Waals surface area contributed by atoms with Crippen LogP contribution in [-0.2, 0) is 4.79 Å². The van der Waals surface area contributed by atoms with E-state index < -0.39 is 0 Å². The molecule has 1 aliphatic carbocycles. The van der Waals surface area contributed by atoms with Gasteiger partial charge in [0, 0.05) is 18.0 Å². The van der Waals surface area contributed by atoms with Gasteiger partial charge in [-0.15, -0.1) is 5.10 Å². The number of carbonyl (C=O) groups is 2. The van der Waals surface area contributed by atoms with E-state index >= 15 is 0 Å². The van der Waals surface area contributed by atoms with Gasteiger partial charge in [-0.05, 0) is 36.7 Å². The first-order valence-electron chi connectivity index (χ1n) is 8.42. The first kappa shape index (κ1) is 17.8. The Morgan fingerprint density at radius 2 is 2.09 bits per heavy atom. The molecule has 128 valence electrons. The van der Waals surface area contributed by atoms with Gasteiger partial charge in [0.1, 0.15) is 0 Å². The Bertz CT molecular complexity index is 498. The van der Waals surface area contributed by atoms with Crippen molar-refractivity contribution in [3.05, 3.63) is 11.1 Å². The zero-order valence-electron chi connectivity index (χ0n) is 14.0. The lowest BCUT2D eigenvalue weighted by Gasteiger charge is -2.26. The summed E-state index contributed by atoms with van der Waals surface area (Å²) in [5.74, 6) is 0.190. The van der Waals surface area contributed by atoms with Crippen molar-refractivity contribution < 1.29 is 9.59 Å². The highest BCUT2D eigenvalue weighted by Gasteiger charge is 2.23. The van der Waals surface area contributed by atoms with Crippen molar-refractivity contribution >= 4 is 23.3 Å². The predicted octanol–water partition coefficient (Wildman–Crippen LogP) is 2.48. The highest BCUT2D eigenvalue weighted by atomic mass is 32.1. The largest absolute Gasteiger partial charge is 0.352 e. The summed E-state index contributed by atoms with van der Waals surface area (Å²) >= 11 is 1.15. The average molecular weight is 338 g/mol. The second-order valence-electron chi connectivity index (χ2n) is 6.60. The Morgan fingerprint density at radius 3 is 2.70 bits per heavy atom. The molecule has 0 saturated heterocycles. The van der Waals surface area contributed by atoms with Crippen LogP contribution >= 0.6 is 11.5 Å². The van der Waals surface area contributed by atoms with E-state index in [4.69, 9.17) is 0 Å². The molecule has 1 aromatic rings. The first-order valence-corrected chi connectivity index (χ1v) is 9.25. The van der Waals surface area contributed by atoms with Crippen LogP contribution in [0.2, 0.25) is 0 Å². The average Bonchev–Trinajstić information content (AvgIpc) is 3.06. The van der Waals surface area contributed by atoms with Crippen LogP contribution in [0.1, 0.15) is 62.9 Å². The Labute approximate surface area is 141 Å². The van der Waals surface area contributed by atoms with E-state index in [9.17, 15) is 9.59 Å². The molecule has 1 N–H and O–H groups in total. The molecule has 0 bridgehead atoms. The smallest absolute Gasteiger partial charge is 0.275 e. The van der Waals surface area contributed by atoms with E-state index in [0.717, 1.165) is 30.8 Å². The standard InChI is InChI=1S/C16H26N4O2S/c1-12(2)8-9-20(16(22)14-11-23-19-18-14)10-15(21)17-13-6-4-3-5-7-13/h11-13H,3-10H2,1-2H3,(H,17,21). The van der Waals surface area contributed by atoms with Gasteiger partial charge < -0.3 is 10.2 Å². The molecule has 1 aliphatic rings. The van der Waals surface area contributed by atoms with E-state index in [2.05, 4.69) is 28.8 Å². The van der Waals surface area contributed by atoms with Gasteiger partial charge in [-0.25, -0.2) is 0 Å². The minimum Gasteiger partial charge on any atom is -0.352 e. The van der Waals surface area contributed by atoms with E-state index in [-0.39, 0.29) is 24.4 Å². The summed E-state index contributed by atoms with van der Waals surface area (Å²) < 4.78 is 3.74. The first-order chi connectivity index (χ1) is 11.1. The van der Waals surface area contributed by atoms with Gasteiger partial charge in [-0.1, -0.05) is 37.6 Å². The third-order valence-electron chi connectivity index (χ3n) is 4.15. The van der Waals surface area contributed by atoms with Crippen LogP contribution < -0.4 is 5.32 Å². The lowest BCUT2D eigenvalue weighted by atomic mass is 9.95. The maximum absolute atomic E-state index is 12.5. The van der Waals surface area contributed by atoms with Gasteiger partial charge in [0.15, 0.2) is 5.69 Å². The SMILES string of the molecule is CC(C)CCN(CC(=O)NC1CCCCC1)C(=O)c1csnn1. The topological polar surface area (TPSA) is 75.2 Å². The summed E-state index contributed by atoms with van der Waals surface area (Å²) in [6.45, 7) is 4.87. The molecular weight excluding hydrogens is 312 g/mol. The molecule has 1 saturated carbocycles. The molecule has 0 aromatic carbocycles. The number of hydrogen-bond donors (Lipinski definition) is 1. The molecule has 0 atom stereocenters. The Kier molecular flexibility index (Phi) is 6.95. The van der Waals surface area contributed by atoms with Crippen molar-refractivity contribution in [1.29, 1.82) is 0 Å². The van der Waals surface area contributed by atoms with Crippen LogP contribution in [0, 0.1) is 5.92 Å². The van der Waals surface area contributed by atoms with Crippen LogP contribution in [0.4, 0.5) is 0 Å². The van der Waals surface area contributed by atoms with E-state index in [1.807, 2.05) is 0 Å². The molecule has 1 fully saturated rings. The minimum atomic E-state index is -0.210. The summed E-state index contributed by atoms with van der Waals surface area (Å²) in [6, 6.07) is 0.263. The fourth-order valence-electron chi connectivity index (χ4n) is 2.78. The fraction of sp³-hybridized carbons (Fsp3) is 0.750. The van der Waals surface area contributed by atoms with Gasteiger partial charge >= 0.3 is 0 Å². The number of aromatic nitrogens is 2. The lowest BCUT2D eigenvalue weighted by molar-refractivity contribution is -0.122. The molecule has 0 unspecified atom stereocenters. The zero-order chi connectivity index (χ0) is 16.7. The Morgan fingerprint density at radius 1 is 1.35 bits per heavy atom. The highest BCUT2D eigenvalue weighted by Crippen LogP contribution is 2.17. The molecule has 0 radical (unpaired) electrons. The Hall–Kier alpha value is -1.50. The molecule has 1 aromatic heterocycles. The third kappa shape index (κ3) is 5.89. The van der Waals surface area contributed by atoms with Gasteiger partial charge in [-0.2, -0.15) is 0 Å². The number of nitrogens with zero attached hydrogens (tertiary/aromatic N) is 3. The normalized spacial score (nSPS) is 15.6. The van der Waals surface area contributed by atoms with Gasteiger partial charge in [0.05, 0.1) is 6.54 Å². The maximum Gasteiger partial charge on any atom is 0.275 e. The monoisotopic (exact) mass is 338 g/mol. The second-order valence-corrected chi connectivity index (χ2v) is 7.21. The van der Waals surface area contributed by atoms with Gasteiger partial charge in [-0.3, -0.25) is 9.59 Å². The summed E-state index contributed by atoms with van der Waals surface area (Å²) in [7, 11) is 0. The molecule has 6 nitrogen and oxygen atoms in total. The zero-order valence-corrected chi connectivity index (χ0v) is 14.8. The summed E-state index contributed by atoms with van der Waals surface area (Å²) in [6.07, 6.45) is 6.54. The number of hydrogen-bond acceptors (Lipinski definition) is 5. The quantitative estimate of drug-likeness (QED) is 0.829. The van der Waals surface area contributed by atoms with Crippen molar-refractivity contribution in [3.8, 4) is 0 Å². The summed E-state index contributed by atoms with van der Waals surface area (Å²) in [4.78, 5) is 26.4. The van der Waals surface area contributed by atoms with Crippen molar-refractivity contribution in [2.45, 2.75) is 58.4 Å². The maximum atomic E-state index is 12.5. The van der Waals surface area contributed by atoms with E-state index in [1.165, 1.54) is 19.3 Å². The molecular formula is C16H26N4O2S.